The summed E-state index contributed by atoms with van der Waals surface area (Å²) in [4.78, 5) is 9.00. The number of hydrogen-bond donors (Lipinski definition) is 0. The minimum absolute atomic E-state index is 0.593. The number of hydrogen-bond acceptors (Lipinski definition) is 3. The molecule has 1 aromatic rings. The van der Waals surface area contributed by atoms with Crippen LogP contribution < -0.4 is 0 Å². The van der Waals surface area contributed by atoms with Gasteiger partial charge in [0.25, 0.3) is 0 Å². The molecule has 0 aromatic carbocycles. The lowest BCUT2D eigenvalue weighted by molar-refractivity contribution is 0.219. The second-order valence-corrected chi connectivity index (χ2v) is 6.13. The third-order valence-electron chi connectivity index (χ3n) is 3.57. The number of nitrogens with zero attached hydrogens (tertiary/aromatic N) is 2. The Kier molecular flexibility index (Phi) is 2.33. The van der Waals surface area contributed by atoms with Gasteiger partial charge in [0, 0.05) is 17.3 Å². The van der Waals surface area contributed by atoms with E-state index < -0.39 is 0 Å². The van der Waals surface area contributed by atoms with Crippen molar-refractivity contribution in [2.24, 2.45) is 0 Å². The molecule has 0 N–H and O–H groups in total. The predicted octanol–water partition coefficient (Wildman–Crippen LogP) is 2.96. The van der Waals surface area contributed by atoms with E-state index in [1.54, 1.807) is 4.88 Å². The average Bonchev–Trinajstić information content (AvgIpc) is 2.51. The fourth-order valence-corrected chi connectivity index (χ4v) is 3.87. The molecule has 0 saturated carbocycles. The first-order chi connectivity index (χ1) is 7.24. The largest absolute Gasteiger partial charge is 0.297 e. The summed E-state index contributed by atoms with van der Waals surface area (Å²) in [7, 11) is 0. The topological polar surface area (TPSA) is 16.1 Å². The van der Waals surface area contributed by atoms with Crippen molar-refractivity contribution in [2.75, 3.05) is 13.1 Å². The van der Waals surface area contributed by atoms with Crippen LogP contribution in [0, 0.1) is 0 Å². The molecule has 82 valence electrons. The summed E-state index contributed by atoms with van der Waals surface area (Å²) in [5.74, 6) is 1.42. The second kappa shape index (κ2) is 3.56. The van der Waals surface area contributed by atoms with E-state index in [-0.39, 0.29) is 0 Å². The molecule has 1 saturated heterocycles. The molecule has 0 amide bonds. The summed E-state index contributed by atoms with van der Waals surface area (Å²) in [5, 5.41) is 1.34. The van der Waals surface area contributed by atoms with Gasteiger partial charge in [0.2, 0.25) is 0 Å². The zero-order chi connectivity index (χ0) is 10.4. The lowest BCUT2D eigenvalue weighted by atomic mass is 9.97. The van der Waals surface area contributed by atoms with Gasteiger partial charge in [-0.25, -0.2) is 4.98 Å². The summed E-state index contributed by atoms with van der Waals surface area (Å²) in [6.45, 7) is 8.16. The predicted molar refractivity (Wildman–Crippen MR) is 63.5 cm³/mol. The van der Waals surface area contributed by atoms with Gasteiger partial charge in [-0.15, -0.1) is 11.3 Å². The molecule has 0 spiro atoms. The number of thiazole rings is 1. The van der Waals surface area contributed by atoms with Crippen LogP contribution in [0.4, 0.5) is 0 Å². The molecular weight excluding hydrogens is 204 g/mol. The first-order valence-electron chi connectivity index (χ1n) is 5.96. The van der Waals surface area contributed by atoms with Crippen molar-refractivity contribution in [1.29, 1.82) is 0 Å². The van der Waals surface area contributed by atoms with Gasteiger partial charge in [-0.3, -0.25) is 4.90 Å². The molecule has 1 aromatic heterocycles. The first kappa shape index (κ1) is 9.79. The van der Waals surface area contributed by atoms with Gasteiger partial charge in [0.05, 0.1) is 10.7 Å². The van der Waals surface area contributed by atoms with Crippen molar-refractivity contribution in [3.63, 3.8) is 0 Å². The van der Waals surface area contributed by atoms with Crippen LogP contribution in [0.5, 0.6) is 0 Å². The van der Waals surface area contributed by atoms with E-state index in [9.17, 15) is 0 Å². The zero-order valence-electron chi connectivity index (χ0n) is 9.49. The molecule has 3 aliphatic rings. The number of fused-ring (bicyclic) bond motifs is 2. The quantitative estimate of drug-likeness (QED) is 0.726. The molecule has 4 rings (SSSR count). The van der Waals surface area contributed by atoms with Crippen LogP contribution in [0.15, 0.2) is 0 Å². The zero-order valence-corrected chi connectivity index (χ0v) is 10.3. The average molecular weight is 222 g/mol. The molecule has 2 nitrogen and oxygen atoms in total. The van der Waals surface area contributed by atoms with Crippen molar-refractivity contribution >= 4 is 11.3 Å². The summed E-state index contributed by atoms with van der Waals surface area (Å²) < 4.78 is 0. The summed E-state index contributed by atoms with van der Waals surface area (Å²) in [5.41, 5.74) is 1.39. The van der Waals surface area contributed by atoms with Gasteiger partial charge >= 0.3 is 0 Å². The fraction of sp³-hybridized carbons (Fsp3) is 0.750. The summed E-state index contributed by atoms with van der Waals surface area (Å²) in [6.07, 6.45) is 2.71. The van der Waals surface area contributed by atoms with E-state index in [0.717, 1.165) is 12.5 Å². The Labute approximate surface area is 95.3 Å². The molecule has 3 aliphatic heterocycles. The highest BCUT2D eigenvalue weighted by Gasteiger charge is 2.30. The van der Waals surface area contributed by atoms with Crippen LogP contribution in [-0.4, -0.2) is 23.0 Å². The molecule has 1 fully saturated rings. The van der Waals surface area contributed by atoms with Crippen LogP contribution in [-0.2, 0) is 6.54 Å². The number of aromatic nitrogens is 1. The van der Waals surface area contributed by atoms with E-state index in [2.05, 4.69) is 18.7 Å². The summed E-state index contributed by atoms with van der Waals surface area (Å²) >= 11 is 1.98. The van der Waals surface area contributed by atoms with E-state index in [1.165, 1.54) is 36.6 Å². The van der Waals surface area contributed by atoms with Crippen molar-refractivity contribution < 1.29 is 0 Å². The Morgan fingerprint density at radius 2 is 2.07 bits per heavy atom. The SMILES string of the molecule is CC(C)c1nc2c(s1)C1CCN(CC1)C2. The Balaban J connectivity index is 2.01. The van der Waals surface area contributed by atoms with E-state index in [4.69, 9.17) is 4.98 Å². The molecule has 15 heavy (non-hydrogen) atoms. The highest BCUT2D eigenvalue weighted by Crippen LogP contribution is 2.40. The van der Waals surface area contributed by atoms with Gasteiger partial charge in [-0.2, -0.15) is 0 Å². The van der Waals surface area contributed by atoms with Crippen LogP contribution >= 0.6 is 11.3 Å². The normalized spacial score (nSPS) is 29.3. The third kappa shape index (κ3) is 1.62. The first-order valence-corrected chi connectivity index (χ1v) is 6.77. The molecule has 0 aliphatic carbocycles. The minimum Gasteiger partial charge on any atom is -0.297 e. The highest BCUT2D eigenvalue weighted by molar-refractivity contribution is 7.12. The molecule has 0 atom stereocenters. The van der Waals surface area contributed by atoms with Gasteiger partial charge < -0.3 is 0 Å². The molecule has 2 bridgehead atoms. The van der Waals surface area contributed by atoms with E-state index in [1.807, 2.05) is 11.3 Å². The maximum atomic E-state index is 4.83. The van der Waals surface area contributed by atoms with E-state index in [0.29, 0.717) is 5.92 Å². The van der Waals surface area contributed by atoms with Crippen LogP contribution in [0.3, 0.4) is 0 Å². The lowest BCUT2D eigenvalue weighted by Gasteiger charge is -2.26. The molecular formula is C12H18N2S. The maximum Gasteiger partial charge on any atom is 0.0957 e. The Morgan fingerprint density at radius 1 is 1.33 bits per heavy atom. The van der Waals surface area contributed by atoms with Crippen molar-refractivity contribution in [1.82, 2.24) is 9.88 Å². The molecule has 4 heterocycles. The molecule has 0 unspecified atom stereocenters. The second-order valence-electron chi connectivity index (χ2n) is 5.07. The van der Waals surface area contributed by atoms with Crippen LogP contribution in [0.1, 0.15) is 54.1 Å². The van der Waals surface area contributed by atoms with Gasteiger partial charge in [-0.05, 0) is 31.8 Å². The Bertz CT molecular complexity index is 362. The van der Waals surface area contributed by atoms with Crippen molar-refractivity contribution in [3.8, 4) is 0 Å². The lowest BCUT2D eigenvalue weighted by Crippen LogP contribution is -2.29. The minimum atomic E-state index is 0.593. The Morgan fingerprint density at radius 3 is 2.73 bits per heavy atom. The molecule has 3 heteroatoms. The monoisotopic (exact) mass is 222 g/mol. The smallest absolute Gasteiger partial charge is 0.0957 e. The van der Waals surface area contributed by atoms with Crippen LogP contribution in [0.2, 0.25) is 0 Å². The summed E-state index contributed by atoms with van der Waals surface area (Å²) in [6, 6.07) is 0. The standard InChI is InChI=1S/C12H18N2S/c1-8(2)12-13-10-7-14-5-3-9(4-6-14)11(10)15-12/h8-9H,3-7H2,1-2H3. The number of piperidine rings is 1. The van der Waals surface area contributed by atoms with Gasteiger partial charge in [0.15, 0.2) is 0 Å². The fourth-order valence-electron chi connectivity index (χ4n) is 2.63. The maximum absolute atomic E-state index is 4.83. The Hall–Kier alpha value is -0.410. The van der Waals surface area contributed by atoms with Gasteiger partial charge in [0.1, 0.15) is 0 Å². The molecule has 0 radical (unpaired) electrons. The van der Waals surface area contributed by atoms with Crippen molar-refractivity contribution in [3.05, 3.63) is 15.6 Å². The third-order valence-corrected chi connectivity index (χ3v) is 5.13. The van der Waals surface area contributed by atoms with E-state index >= 15 is 0 Å². The van der Waals surface area contributed by atoms with Gasteiger partial charge in [-0.1, -0.05) is 13.8 Å². The van der Waals surface area contributed by atoms with Crippen LogP contribution in [0.25, 0.3) is 0 Å². The highest BCUT2D eigenvalue weighted by atomic mass is 32.1. The number of rotatable bonds is 1. The van der Waals surface area contributed by atoms with Crippen molar-refractivity contribution in [2.45, 2.75) is 45.1 Å².